The number of halogens is 1. The first-order valence-corrected chi connectivity index (χ1v) is 9.58. The smallest absolute Gasteiger partial charge is 0.291 e. The van der Waals surface area contributed by atoms with E-state index in [1.54, 1.807) is 32.2 Å². The van der Waals surface area contributed by atoms with Crippen LogP contribution in [0.1, 0.15) is 35.4 Å². The average molecular weight is 409 g/mol. The third-order valence-corrected chi connectivity index (χ3v) is 4.95. The number of rotatable bonds is 6. The lowest BCUT2D eigenvalue weighted by Crippen LogP contribution is -2.47. The predicted octanol–water partition coefficient (Wildman–Crippen LogP) is 2.71. The van der Waals surface area contributed by atoms with Gasteiger partial charge in [0.15, 0.2) is 0 Å². The van der Waals surface area contributed by atoms with E-state index >= 15 is 0 Å². The lowest BCUT2D eigenvalue weighted by atomic mass is 10.0. The van der Waals surface area contributed by atoms with Crippen LogP contribution in [0.3, 0.4) is 0 Å². The van der Waals surface area contributed by atoms with Crippen molar-refractivity contribution in [3.05, 3.63) is 83.6 Å². The zero-order chi connectivity index (χ0) is 21.7. The summed E-state index contributed by atoms with van der Waals surface area (Å²) in [6.45, 7) is 5.22. The van der Waals surface area contributed by atoms with Gasteiger partial charge in [-0.25, -0.2) is 9.37 Å². The Labute approximate surface area is 174 Å². The van der Waals surface area contributed by atoms with Crippen LogP contribution in [0.25, 0.3) is 0 Å². The van der Waals surface area contributed by atoms with Crippen molar-refractivity contribution in [1.82, 2.24) is 25.4 Å². The molecule has 0 bridgehead atoms. The van der Waals surface area contributed by atoms with Crippen molar-refractivity contribution in [3.63, 3.8) is 0 Å². The van der Waals surface area contributed by atoms with Gasteiger partial charge in [0.1, 0.15) is 18.0 Å². The van der Waals surface area contributed by atoms with E-state index in [4.69, 9.17) is 0 Å². The first kappa shape index (κ1) is 21.2. The molecule has 8 heteroatoms. The molecule has 2 aromatic rings. The maximum Gasteiger partial charge on any atom is 0.291 e. The van der Waals surface area contributed by atoms with Gasteiger partial charge in [0, 0.05) is 25.6 Å². The Balaban J connectivity index is 1.72. The second kappa shape index (κ2) is 9.30. The summed E-state index contributed by atoms with van der Waals surface area (Å²) >= 11 is 0. The molecule has 1 unspecified atom stereocenters. The summed E-state index contributed by atoms with van der Waals surface area (Å²) < 4.78 is 14.7. The van der Waals surface area contributed by atoms with Crippen LogP contribution in [-0.4, -0.2) is 51.2 Å². The topological polar surface area (TPSA) is 91.0 Å². The molecule has 0 saturated carbocycles. The van der Waals surface area contributed by atoms with Crippen LogP contribution in [0, 0.1) is 0 Å². The highest BCUT2D eigenvalue weighted by Crippen LogP contribution is 2.25. The van der Waals surface area contributed by atoms with Gasteiger partial charge in [-0.05, 0) is 24.1 Å². The minimum atomic E-state index is -1.38. The van der Waals surface area contributed by atoms with Gasteiger partial charge in [0.2, 0.25) is 11.7 Å². The number of amides is 2. The second-order valence-corrected chi connectivity index (χ2v) is 7.06. The number of alkyl halides is 1. The number of aromatic nitrogens is 3. The number of carbonyl (C=O) groups excluding carboxylic acids is 2. The van der Waals surface area contributed by atoms with E-state index in [2.05, 4.69) is 27.1 Å². The maximum atomic E-state index is 14.7. The van der Waals surface area contributed by atoms with Crippen molar-refractivity contribution in [2.24, 2.45) is 0 Å². The fraction of sp³-hybridized carbons (Fsp3) is 0.273. The molecule has 2 N–H and O–H groups in total. The van der Waals surface area contributed by atoms with E-state index in [0.29, 0.717) is 23.5 Å². The molecule has 156 valence electrons. The van der Waals surface area contributed by atoms with E-state index in [9.17, 15) is 14.0 Å². The number of allylic oxidation sites excluding steroid dienone is 4. The molecule has 3 rings (SSSR count). The molecule has 0 fully saturated rings. The van der Waals surface area contributed by atoms with Crippen LogP contribution in [0.4, 0.5) is 4.39 Å². The molecular formula is C22H24FN5O2. The highest BCUT2D eigenvalue weighted by Gasteiger charge is 2.34. The molecule has 0 saturated heterocycles. The minimum Gasteiger partial charge on any atom is -0.337 e. The van der Waals surface area contributed by atoms with E-state index in [0.717, 1.165) is 5.56 Å². The Hall–Kier alpha value is -3.55. The highest BCUT2D eigenvalue weighted by molar-refractivity contribution is 5.95. The number of hydrogen-bond donors (Lipinski definition) is 2. The number of likely N-dealkylation sites (N-methyl/N-ethyl adjacent to an activating group) is 1. The SMILES string of the molecule is C=C/C=C\C1=C(C)[C@H](F)CC(NC(=O)c2n[nH]c(Cc3ccccc3)n2)C(=O)N1C. The molecular weight excluding hydrogens is 385 g/mol. The number of benzene rings is 1. The highest BCUT2D eigenvalue weighted by atomic mass is 19.1. The average Bonchev–Trinajstić information content (AvgIpc) is 3.19. The van der Waals surface area contributed by atoms with Gasteiger partial charge in [-0.1, -0.05) is 49.1 Å². The number of nitrogens with zero attached hydrogens (tertiary/aromatic N) is 3. The van der Waals surface area contributed by atoms with E-state index in [-0.39, 0.29) is 12.2 Å². The van der Waals surface area contributed by atoms with Gasteiger partial charge in [0.05, 0.1) is 0 Å². The Morgan fingerprint density at radius 3 is 2.83 bits per heavy atom. The molecule has 0 spiro atoms. The maximum absolute atomic E-state index is 14.7. The molecule has 1 aliphatic rings. The Bertz CT molecular complexity index is 996. The molecule has 2 heterocycles. The van der Waals surface area contributed by atoms with Gasteiger partial charge in [-0.3, -0.25) is 14.7 Å². The zero-order valence-corrected chi connectivity index (χ0v) is 16.9. The van der Waals surface area contributed by atoms with Crippen molar-refractivity contribution in [2.75, 3.05) is 7.05 Å². The molecule has 0 aliphatic carbocycles. The lowest BCUT2D eigenvalue weighted by molar-refractivity contribution is -0.130. The fourth-order valence-corrected chi connectivity index (χ4v) is 3.27. The van der Waals surface area contributed by atoms with Gasteiger partial charge >= 0.3 is 0 Å². The zero-order valence-electron chi connectivity index (χ0n) is 16.9. The first-order chi connectivity index (χ1) is 14.4. The number of nitrogens with one attached hydrogen (secondary N) is 2. The summed E-state index contributed by atoms with van der Waals surface area (Å²) in [4.78, 5) is 31.0. The van der Waals surface area contributed by atoms with Crippen LogP contribution in [0.5, 0.6) is 0 Å². The lowest BCUT2D eigenvalue weighted by Gasteiger charge is -2.22. The Morgan fingerprint density at radius 2 is 2.13 bits per heavy atom. The minimum absolute atomic E-state index is 0.0903. The number of carbonyl (C=O) groups is 2. The van der Waals surface area contributed by atoms with Crippen molar-refractivity contribution in [1.29, 1.82) is 0 Å². The normalized spacial score (nSPS) is 19.8. The van der Waals surface area contributed by atoms with E-state index < -0.39 is 24.0 Å². The van der Waals surface area contributed by atoms with Crippen LogP contribution >= 0.6 is 0 Å². The summed E-state index contributed by atoms with van der Waals surface area (Å²) in [7, 11) is 1.55. The second-order valence-electron chi connectivity index (χ2n) is 7.06. The summed E-state index contributed by atoms with van der Waals surface area (Å²) in [5.74, 6) is -0.611. The first-order valence-electron chi connectivity index (χ1n) is 9.58. The van der Waals surface area contributed by atoms with Crippen molar-refractivity contribution < 1.29 is 14.0 Å². The Morgan fingerprint density at radius 1 is 1.40 bits per heavy atom. The molecule has 2 amide bonds. The number of hydrogen-bond acceptors (Lipinski definition) is 4. The van der Waals surface area contributed by atoms with E-state index in [1.165, 1.54) is 4.90 Å². The summed E-state index contributed by atoms with van der Waals surface area (Å²) in [6, 6.07) is 8.59. The van der Waals surface area contributed by atoms with Gasteiger partial charge in [-0.15, -0.1) is 5.10 Å². The Kier molecular flexibility index (Phi) is 6.56. The van der Waals surface area contributed by atoms with Crippen molar-refractivity contribution in [2.45, 2.75) is 32.0 Å². The van der Waals surface area contributed by atoms with Crippen molar-refractivity contribution in [3.8, 4) is 0 Å². The molecule has 7 nitrogen and oxygen atoms in total. The molecule has 0 radical (unpaired) electrons. The number of H-pyrrole nitrogens is 1. The van der Waals surface area contributed by atoms with Crippen LogP contribution in [0.15, 0.2) is 66.4 Å². The number of aromatic amines is 1. The van der Waals surface area contributed by atoms with Crippen molar-refractivity contribution >= 4 is 11.8 Å². The van der Waals surface area contributed by atoms with E-state index in [1.807, 2.05) is 30.3 Å². The quantitative estimate of drug-likeness (QED) is 0.718. The third kappa shape index (κ3) is 4.71. The monoisotopic (exact) mass is 409 g/mol. The van der Waals surface area contributed by atoms with Crippen LogP contribution in [0.2, 0.25) is 0 Å². The third-order valence-electron chi connectivity index (χ3n) is 4.95. The predicted molar refractivity (Wildman–Crippen MR) is 111 cm³/mol. The summed E-state index contributed by atoms with van der Waals surface area (Å²) in [5, 5.41) is 9.24. The van der Waals surface area contributed by atoms with Crippen LogP contribution < -0.4 is 5.32 Å². The molecule has 1 aromatic heterocycles. The largest absolute Gasteiger partial charge is 0.337 e. The fourth-order valence-electron chi connectivity index (χ4n) is 3.27. The standard InChI is InChI=1S/C22H24FN5O2/c1-4-5-11-18-14(2)16(23)13-17(22(30)28(18)3)24-21(29)20-25-19(26-27-20)12-15-9-7-6-8-10-15/h4-11,16-17H,1,12-13H2,2-3H3,(H,24,29)(H,25,26,27)/b11-5-/t16-,17?/m1/s1. The van der Waals surface area contributed by atoms with Gasteiger partial charge in [-0.2, -0.15) is 0 Å². The molecule has 1 aromatic carbocycles. The van der Waals surface area contributed by atoms with Gasteiger partial charge < -0.3 is 10.2 Å². The molecule has 1 aliphatic heterocycles. The molecule has 30 heavy (non-hydrogen) atoms. The summed E-state index contributed by atoms with van der Waals surface area (Å²) in [5.41, 5.74) is 1.89. The van der Waals surface area contributed by atoms with Gasteiger partial charge in [0.25, 0.3) is 5.91 Å². The van der Waals surface area contributed by atoms with Crippen LogP contribution in [-0.2, 0) is 11.2 Å². The molecule has 2 atom stereocenters. The summed E-state index contributed by atoms with van der Waals surface area (Å²) in [6.07, 6.45) is 3.76.